The van der Waals surface area contributed by atoms with Crippen LogP contribution in [-0.2, 0) is 0 Å². The molecule has 62 valence electrons. The van der Waals surface area contributed by atoms with Gasteiger partial charge in [-0.15, -0.1) is 0 Å². The van der Waals surface area contributed by atoms with E-state index in [1.807, 2.05) is 39.1 Å². The van der Waals surface area contributed by atoms with Crippen molar-refractivity contribution in [3.05, 3.63) is 23.9 Å². The van der Waals surface area contributed by atoms with Crippen LogP contribution in [0.4, 0.5) is 0 Å². The van der Waals surface area contributed by atoms with E-state index in [1.165, 1.54) is 0 Å². The van der Waals surface area contributed by atoms with Crippen LogP contribution in [0.2, 0.25) is 0 Å². The van der Waals surface area contributed by atoms with Gasteiger partial charge < -0.3 is 5.32 Å². The van der Waals surface area contributed by atoms with Gasteiger partial charge in [-0.05, 0) is 26.0 Å². The lowest BCUT2D eigenvalue weighted by Crippen LogP contribution is -2.00. The fourth-order valence-electron chi connectivity index (χ4n) is 0.490. The fourth-order valence-corrected chi connectivity index (χ4v) is 0.490. The zero-order valence-electron chi connectivity index (χ0n) is 7.68. The lowest BCUT2D eigenvalue weighted by Gasteiger charge is -1.93. The minimum absolute atomic E-state index is 1.03. The first-order valence-corrected chi connectivity index (χ1v) is 3.66. The number of hydrogen-bond acceptors (Lipinski definition) is 2. The summed E-state index contributed by atoms with van der Waals surface area (Å²) in [5.41, 5.74) is 2.18. The van der Waals surface area contributed by atoms with Crippen LogP contribution < -0.4 is 5.32 Å². The highest BCUT2D eigenvalue weighted by Crippen LogP contribution is 1.86. The van der Waals surface area contributed by atoms with Crippen LogP contribution in [0.1, 0.15) is 13.8 Å². The van der Waals surface area contributed by atoms with E-state index < -0.39 is 0 Å². The molecule has 0 aromatic heterocycles. The van der Waals surface area contributed by atoms with Crippen LogP contribution in [0.25, 0.3) is 0 Å². The molecule has 2 nitrogen and oxygen atoms in total. The van der Waals surface area contributed by atoms with Crippen molar-refractivity contribution in [2.45, 2.75) is 13.8 Å². The van der Waals surface area contributed by atoms with Crippen LogP contribution in [-0.4, -0.2) is 19.8 Å². The Labute approximate surface area is 68.7 Å². The van der Waals surface area contributed by atoms with E-state index in [2.05, 4.69) is 10.3 Å². The molecule has 0 atom stereocenters. The van der Waals surface area contributed by atoms with Gasteiger partial charge in [0, 0.05) is 25.5 Å². The van der Waals surface area contributed by atoms with Gasteiger partial charge in [-0.3, -0.25) is 4.99 Å². The average Bonchev–Trinajstić information content (AvgIpc) is 2.04. The van der Waals surface area contributed by atoms with Crippen LogP contribution in [0.5, 0.6) is 0 Å². The summed E-state index contributed by atoms with van der Waals surface area (Å²) >= 11 is 0. The Morgan fingerprint density at radius 1 is 1.36 bits per heavy atom. The second-order valence-corrected chi connectivity index (χ2v) is 2.32. The summed E-state index contributed by atoms with van der Waals surface area (Å²) in [6, 6.07) is 0. The van der Waals surface area contributed by atoms with Crippen molar-refractivity contribution in [2.75, 3.05) is 14.1 Å². The van der Waals surface area contributed by atoms with E-state index in [-0.39, 0.29) is 0 Å². The maximum absolute atomic E-state index is 3.99. The maximum Gasteiger partial charge on any atom is 0.0313 e. The first-order valence-electron chi connectivity index (χ1n) is 3.66. The number of nitrogens with one attached hydrogen (secondary N) is 1. The molecular formula is C9H16N2. The molecule has 0 bridgehead atoms. The van der Waals surface area contributed by atoms with E-state index in [1.54, 1.807) is 7.05 Å². The van der Waals surface area contributed by atoms with Crippen molar-refractivity contribution < 1.29 is 0 Å². The van der Waals surface area contributed by atoms with Crippen LogP contribution in [0.15, 0.2) is 28.9 Å². The first kappa shape index (κ1) is 9.95. The summed E-state index contributed by atoms with van der Waals surface area (Å²) in [6.07, 6.45) is 5.96. The smallest absolute Gasteiger partial charge is 0.0313 e. The zero-order chi connectivity index (χ0) is 8.69. The molecule has 0 spiro atoms. The van der Waals surface area contributed by atoms with Gasteiger partial charge in [0.15, 0.2) is 0 Å². The van der Waals surface area contributed by atoms with Crippen LogP contribution >= 0.6 is 0 Å². The topological polar surface area (TPSA) is 24.4 Å². The average molecular weight is 152 g/mol. The SMILES string of the molecule is CN=C(C)/C=C/C=C(\C)NC. The van der Waals surface area contributed by atoms with Gasteiger partial charge in [0.25, 0.3) is 0 Å². The van der Waals surface area contributed by atoms with Crippen molar-refractivity contribution in [2.24, 2.45) is 4.99 Å². The molecule has 0 radical (unpaired) electrons. The number of nitrogens with zero attached hydrogens (tertiary/aromatic N) is 1. The van der Waals surface area contributed by atoms with Gasteiger partial charge in [-0.2, -0.15) is 0 Å². The molecule has 1 N–H and O–H groups in total. The Morgan fingerprint density at radius 2 is 2.00 bits per heavy atom. The lowest BCUT2D eigenvalue weighted by atomic mass is 10.3. The number of allylic oxidation sites excluding steroid dienone is 4. The Balaban J connectivity index is 3.96. The molecule has 0 aliphatic carbocycles. The number of aliphatic imine (C=N–C) groups is 1. The quantitative estimate of drug-likeness (QED) is 0.483. The normalized spacial score (nSPS) is 14.2. The minimum Gasteiger partial charge on any atom is -0.392 e. The minimum atomic E-state index is 1.03. The summed E-state index contributed by atoms with van der Waals surface area (Å²) < 4.78 is 0. The van der Waals surface area contributed by atoms with Crippen molar-refractivity contribution in [1.29, 1.82) is 0 Å². The largest absolute Gasteiger partial charge is 0.392 e. The Morgan fingerprint density at radius 3 is 2.45 bits per heavy atom. The second kappa shape index (κ2) is 5.71. The van der Waals surface area contributed by atoms with E-state index in [4.69, 9.17) is 0 Å². The predicted octanol–water partition coefficient (Wildman–Crippen LogP) is 1.76. The third-order valence-electron chi connectivity index (χ3n) is 1.43. The molecule has 11 heavy (non-hydrogen) atoms. The van der Waals surface area contributed by atoms with Gasteiger partial charge in [0.2, 0.25) is 0 Å². The van der Waals surface area contributed by atoms with Gasteiger partial charge in [-0.25, -0.2) is 0 Å². The molecule has 2 heteroatoms. The number of rotatable bonds is 3. The Bertz CT molecular complexity index is 188. The zero-order valence-corrected chi connectivity index (χ0v) is 7.68. The highest BCUT2D eigenvalue weighted by Gasteiger charge is 1.78. The third-order valence-corrected chi connectivity index (χ3v) is 1.43. The summed E-state index contributed by atoms with van der Waals surface area (Å²) in [5.74, 6) is 0. The van der Waals surface area contributed by atoms with Gasteiger partial charge >= 0.3 is 0 Å². The van der Waals surface area contributed by atoms with Crippen molar-refractivity contribution in [3.8, 4) is 0 Å². The molecule has 0 heterocycles. The van der Waals surface area contributed by atoms with Crippen molar-refractivity contribution in [3.63, 3.8) is 0 Å². The van der Waals surface area contributed by atoms with Gasteiger partial charge in [0.05, 0.1) is 0 Å². The molecule has 0 saturated heterocycles. The standard InChI is InChI=1S/C9H16N2/c1-8(10-3)6-5-7-9(2)11-4/h5-7,10H,1-4H3/b7-5+,8-6+,11-9?. The predicted molar refractivity (Wildman–Crippen MR) is 51.0 cm³/mol. The van der Waals surface area contributed by atoms with E-state index in [0.29, 0.717) is 0 Å². The summed E-state index contributed by atoms with van der Waals surface area (Å²) in [4.78, 5) is 3.99. The van der Waals surface area contributed by atoms with Crippen LogP contribution in [0, 0.1) is 0 Å². The highest BCUT2D eigenvalue weighted by atomic mass is 14.8. The third kappa shape index (κ3) is 5.40. The van der Waals surface area contributed by atoms with Crippen molar-refractivity contribution >= 4 is 5.71 Å². The number of hydrogen-bond donors (Lipinski definition) is 1. The molecule has 0 aliphatic heterocycles. The maximum atomic E-state index is 3.99. The highest BCUT2D eigenvalue weighted by molar-refractivity contribution is 5.92. The lowest BCUT2D eigenvalue weighted by molar-refractivity contribution is 0.990. The van der Waals surface area contributed by atoms with Crippen molar-refractivity contribution in [1.82, 2.24) is 5.32 Å². The van der Waals surface area contributed by atoms with Gasteiger partial charge in [-0.1, -0.05) is 6.08 Å². The van der Waals surface area contributed by atoms with Gasteiger partial charge in [0.1, 0.15) is 0 Å². The van der Waals surface area contributed by atoms with E-state index in [9.17, 15) is 0 Å². The van der Waals surface area contributed by atoms with E-state index >= 15 is 0 Å². The first-order chi connectivity index (χ1) is 5.20. The summed E-state index contributed by atoms with van der Waals surface area (Å²) in [6.45, 7) is 3.99. The van der Waals surface area contributed by atoms with E-state index in [0.717, 1.165) is 11.4 Å². The molecular weight excluding hydrogens is 136 g/mol. The molecule has 0 fully saturated rings. The monoisotopic (exact) mass is 152 g/mol. The molecule has 0 aromatic carbocycles. The molecule has 0 rings (SSSR count). The summed E-state index contributed by atoms with van der Waals surface area (Å²) in [5, 5.41) is 3.03. The second-order valence-electron chi connectivity index (χ2n) is 2.32. The van der Waals surface area contributed by atoms with Crippen LogP contribution in [0.3, 0.4) is 0 Å². The molecule has 0 aromatic rings. The molecule has 0 aliphatic rings. The molecule has 0 saturated carbocycles. The Kier molecular flexibility index (Phi) is 5.17. The summed E-state index contributed by atoms with van der Waals surface area (Å²) in [7, 11) is 3.69. The molecule has 0 unspecified atom stereocenters. The fraction of sp³-hybridized carbons (Fsp3) is 0.444. The molecule has 0 amide bonds. The Hall–Kier alpha value is -1.05.